The molecule has 0 bridgehead atoms. The summed E-state index contributed by atoms with van der Waals surface area (Å²) in [5.41, 5.74) is 2.08. The van der Waals surface area contributed by atoms with Gasteiger partial charge in [-0.2, -0.15) is 11.3 Å². The zero-order valence-corrected chi connectivity index (χ0v) is 11.1. The molecule has 18 heavy (non-hydrogen) atoms. The first-order valence-corrected chi connectivity index (χ1v) is 6.48. The van der Waals surface area contributed by atoms with Crippen LogP contribution < -0.4 is 0 Å². The number of H-pyrrole nitrogens is 1. The number of carbonyl (C=O) groups excluding carboxylic acids is 2. The van der Waals surface area contributed by atoms with Crippen LogP contribution in [0.4, 0.5) is 0 Å². The van der Waals surface area contributed by atoms with E-state index < -0.39 is 0 Å². The van der Waals surface area contributed by atoms with Crippen LogP contribution in [0, 0.1) is 0 Å². The van der Waals surface area contributed by atoms with Crippen molar-refractivity contribution in [3.63, 3.8) is 0 Å². The number of ketones is 1. The van der Waals surface area contributed by atoms with Gasteiger partial charge in [0, 0.05) is 25.4 Å². The van der Waals surface area contributed by atoms with Gasteiger partial charge in [0.2, 0.25) is 0 Å². The van der Waals surface area contributed by atoms with Gasteiger partial charge in [-0.1, -0.05) is 0 Å². The van der Waals surface area contributed by atoms with Crippen LogP contribution in [0.2, 0.25) is 0 Å². The third kappa shape index (κ3) is 2.68. The van der Waals surface area contributed by atoms with Crippen molar-refractivity contribution >= 4 is 23.0 Å². The van der Waals surface area contributed by atoms with Gasteiger partial charge in [0.25, 0.3) is 5.91 Å². The van der Waals surface area contributed by atoms with E-state index in [0.717, 1.165) is 5.56 Å². The topological polar surface area (TPSA) is 53.2 Å². The molecule has 0 aromatic carbocycles. The fourth-order valence-electron chi connectivity index (χ4n) is 1.65. The number of carbonyl (C=O) groups is 2. The Morgan fingerprint density at radius 2 is 2.22 bits per heavy atom. The Balaban J connectivity index is 2.08. The number of nitrogens with zero attached hydrogens (tertiary/aromatic N) is 1. The average Bonchev–Trinajstić information content (AvgIpc) is 2.98. The van der Waals surface area contributed by atoms with Crippen molar-refractivity contribution in [3.8, 4) is 0 Å². The normalized spacial score (nSPS) is 10.3. The summed E-state index contributed by atoms with van der Waals surface area (Å²) in [6, 6.07) is 3.58. The summed E-state index contributed by atoms with van der Waals surface area (Å²) in [6.45, 7) is 2.04. The van der Waals surface area contributed by atoms with Crippen LogP contribution in [0.3, 0.4) is 0 Å². The second-order valence-electron chi connectivity index (χ2n) is 4.15. The van der Waals surface area contributed by atoms with E-state index in [-0.39, 0.29) is 11.7 Å². The number of amides is 1. The third-order valence-corrected chi connectivity index (χ3v) is 3.40. The fraction of sp³-hybridized carbons (Fsp3) is 0.231. The minimum absolute atomic E-state index is 0.0502. The minimum atomic E-state index is -0.117. The highest BCUT2D eigenvalue weighted by Crippen LogP contribution is 2.12. The Morgan fingerprint density at radius 3 is 2.78 bits per heavy atom. The largest absolute Gasteiger partial charge is 0.356 e. The number of rotatable bonds is 4. The third-order valence-electron chi connectivity index (χ3n) is 2.67. The predicted octanol–water partition coefficient (Wildman–Crippen LogP) is 2.55. The Bertz CT molecular complexity index is 557. The summed E-state index contributed by atoms with van der Waals surface area (Å²) >= 11 is 1.61. The number of Topliss-reactive ketones (excluding diaryl/α,β-unsaturated/α-hetero) is 1. The van der Waals surface area contributed by atoms with Gasteiger partial charge in [-0.15, -0.1) is 0 Å². The summed E-state index contributed by atoms with van der Waals surface area (Å²) in [5.74, 6) is -0.167. The highest BCUT2D eigenvalue weighted by Gasteiger charge is 2.15. The lowest BCUT2D eigenvalue weighted by Crippen LogP contribution is -2.26. The molecule has 0 saturated carbocycles. The molecule has 0 aliphatic carbocycles. The number of thiophene rings is 1. The number of nitrogens with one attached hydrogen (secondary N) is 1. The van der Waals surface area contributed by atoms with Gasteiger partial charge in [0.05, 0.1) is 0 Å². The Hall–Kier alpha value is -1.88. The van der Waals surface area contributed by atoms with Gasteiger partial charge in [-0.3, -0.25) is 9.59 Å². The fourth-order valence-corrected chi connectivity index (χ4v) is 2.31. The van der Waals surface area contributed by atoms with Crippen molar-refractivity contribution in [2.75, 3.05) is 7.05 Å². The second-order valence-corrected chi connectivity index (χ2v) is 4.93. The molecule has 2 rings (SSSR count). The second kappa shape index (κ2) is 5.18. The van der Waals surface area contributed by atoms with Crippen molar-refractivity contribution in [2.24, 2.45) is 0 Å². The Labute approximate surface area is 109 Å². The van der Waals surface area contributed by atoms with Gasteiger partial charge in [0.1, 0.15) is 5.69 Å². The van der Waals surface area contributed by atoms with Crippen LogP contribution in [0.25, 0.3) is 0 Å². The van der Waals surface area contributed by atoms with E-state index in [1.54, 1.807) is 35.5 Å². The lowest BCUT2D eigenvalue weighted by molar-refractivity contribution is 0.0780. The van der Waals surface area contributed by atoms with Gasteiger partial charge in [-0.05, 0) is 35.4 Å². The van der Waals surface area contributed by atoms with E-state index in [1.807, 2.05) is 16.8 Å². The van der Waals surface area contributed by atoms with Gasteiger partial charge >= 0.3 is 0 Å². The maximum atomic E-state index is 12.1. The molecule has 0 saturated heterocycles. The molecule has 0 radical (unpaired) electrons. The molecule has 1 N–H and O–H groups in total. The van der Waals surface area contributed by atoms with E-state index in [9.17, 15) is 9.59 Å². The Kier molecular flexibility index (Phi) is 3.62. The van der Waals surface area contributed by atoms with Crippen molar-refractivity contribution in [2.45, 2.75) is 13.5 Å². The molecule has 0 fully saturated rings. The molecular weight excluding hydrogens is 248 g/mol. The van der Waals surface area contributed by atoms with Crippen molar-refractivity contribution in [1.29, 1.82) is 0 Å². The number of hydrogen-bond donors (Lipinski definition) is 1. The maximum absolute atomic E-state index is 12.1. The standard InChI is InChI=1S/C13H14N2O2S/c1-9(16)11-5-12(14-6-11)13(17)15(2)7-10-3-4-18-8-10/h3-6,8,14H,7H2,1-2H3. The molecule has 2 aromatic heterocycles. The first-order chi connectivity index (χ1) is 8.58. The zero-order chi connectivity index (χ0) is 13.1. The molecule has 4 nitrogen and oxygen atoms in total. The monoisotopic (exact) mass is 262 g/mol. The molecule has 1 amide bonds. The van der Waals surface area contributed by atoms with Gasteiger partial charge in [-0.25, -0.2) is 0 Å². The van der Waals surface area contributed by atoms with E-state index in [4.69, 9.17) is 0 Å². The molecule has 2 heterocycles. The molecule has 0 unspecified atom stereocenters. The van der Waals surface area contributed by atoms with Gasteiger partial charge < -0.3 is 9.88 Å². The molecule has 0 aliphatic heterocycles. The maximum Gasteiger partial charge on any atom is 0.270 e. The molecule has 0 spiro atoms. The van der Waals surface area contributed by atoms with Crippen LogP contribution in [-0.2, 0) is 6.54 Å². The van der Waals surface area contributed by atoms with E-state index >= 15 is 0 Å². The summed E-state index contributed by atoms with van der Waals surface area (Å²) in [4.78, 5) is 27.7. The summed E-state index contributed by atoms with van der Waals surface area (Å²) in [6.07, 6.45) is 1.56. The van der Waals surface area contributed by atoms with Crippen LogP contribution in [0.1, 0.15) is 33.3 Å². The summed E-state index contributed by atoms with van der Waals surface area (Å²) < 4.78 is 0. The first kappa shape index (κ1) is 12.6. The number of hydrogen-bond acceptors (Lipinski definition) is 3. The highest BCUT2D eigenvalue weighted by atomic mass is 32.1. The smallest absolute Gasteiger partial charge is 0.270 e. The Morgan fingerprint density at radius 1 is 1.44 bits per heavy atom. The lowest BCUT2D eigenvalue weighted by Gasteiger charge is -2.15. The average molecular weight is 262 g/mol. The number of aromatic amines is 1. The van der Waals surface area contributed by atoms with E-state index in [2.05, 4.69) is 4.98 Å². The molecule has 5 heteroatoms. The van der Waals surface area contributed by atoms with Crippen LogP contribution in [-0.4, -0.2) is 28.6 Å². The van der Waals surface area contributed by atoms with Crippen LogP contribution in [0.5, 0.6) is 0 Å². The van der Waals surface area contributed by atoms with E-state index in [1.165, 1.54) is 6.92 Å². The summed E-state index contributed by atoms with van der Waals surface area (Å²) in [5, 5.41) is 4.00. The quantitative estimate of drug-likeness (QED) is 0.861. The molecule has 94 valence electrons. The highest BCUT2D eigenvalue weighted by molar-refractivity contribution is 7.07. The van der Waals surface area contributed by atoms with Crippen molar-refractivity contribution in [3.05, 3.63) is 45.9 Å². The zero-order valence-electron chi connectivity index (χ0n) is 10.3. The molecular formula is C13H14N2O2S. The predicted molar refractivity (Wildman–Crippen MR) is 70.9 cm³/mol. The summed E-state index contributed by atoms with van der Waals surface area (Å²) in [7, 11) is 1.74. The SMILES string of the molecule is CC(=O)c1c[nH]c(C(=O)N(C)Cc2ccsc2)c1. The number of aromatic nitrogens is 1. The van der Waals surface area contributed by atoms with Crippen LogP contribution >= 0.6 is 11.3 Å². The molecule has 0 aliphatic rings. The minimum Gasteiger partial charge on any atom is -0.356 e. The van der Waals surface area contributed by atoms with Crippen molar-refractivity contribution in [1.82, 2.24) is 9.88 Å². The first-order valence-electron chi connectivity index (χ1n) is 5.54. The van der Waals surface area contributed by atoms with E-state index in [0.29, 0.717) is 17.8 Å². The van der Waals surface area contributed by atoms with Crippen molar-refractivity contribution < 1.29 is 9.59 Å². The lowest BCUT2D eigenvalue weighted by atomic mass is 10.2. The van der Waals surface area contributed by atoms with Crippen LogP contribution in [0.15, 0.2) is 29.1 Å². The van der Waals surface area contributed by atoms with Gasteiger partial charge in [0.15, 0.2) is 5.78 Å². The molecule has 0 atom stereocenters. The molecule has 2 aromatic rings.